The average molecular weight is 372 g/mol. The first-order chi connectivity index (χ1) is 13.0. The molecule has 0 bridgehead atoms. The molecule has 7 nitrogen and oxygen atoms in total. The summed E-state index contributed by atoms with van der Waals surface area (Å²) in [7, 11) is 0. The topological polar surface area (TPSA) is 76.3 Å². The van der Waals surface area contributed by atoms with Crippen molar-refractivity contribution in [1.29, 1.82) is 0 Å². The zero-order valence-corrected chi connectivity index (χ0v) is 16.1. The number of nitrogens with one attached hydrogen (secondary N) is 1. The Hall–Kier alpha value is -2.57. The predicted octanol–water partition coefficient (Wildman–Crippen LogP) is 1.73. The number of hydrogen-bond acceptors (Lipinski definition) is 3. The Balaban J connectivity index is 1.67. The van der Waals surface area contributed by atoms with Gasteiger partial charge in [-0.2, -0.15) is 0 Å². The number of carbonyl (C=O) groups is 2. The van der Waals surface area contributed by atoms with Crippen molar-refractivity contribution in [3.05, 3.63) is 34.7 Å². The van der Waals surface area contributed by atoms with Gasteiger partial charge in [0.25, 0.3) is 0 Å². The Bertz CT molecular complexity index is 883. The van der Waals surface area contributed by atoms with Crippen molar-refractivity contribution in [2.45, 2.75) is 58.7 Å². The van der Waals surface area contributed by atoms with E-state index in [9.17, 15) is 14.4 Å². The smallest absolute Gasteiger partial charge is 0.329 e. The van der Waals surface area contributed by atoms with E-state index in [0.717, 1.165) is 23.9 Å². The van der Waals surface area contributed by atoms with Crippen LogP contribution in [-0.2, 0) is 22.7 Å². The number of nitrogens with zero attached hydrogens (tertiary/aromatic N) is 3. The summed E-state index contributed by atoms with van der Waals surface area (Å²) in [6.07, 6.45) is 2.52. The Labute approximate surface area is 158 Å². The van der Waals surface area contributed by atoms with E-state index >= 15 is 0 Å². The van der Waals surface area contributed by atoms with Crippen LogP contribution in [0.4, 0.5) is 0 Å². The zero-order chi connectivity index (χ0) is 19.4. The average Bonchev–Trinajstić information content (AvgIpc) is 2.96. The summed E-state index contributed by atoms with van der Waals surface area (Å²) >= 11 is 0. The molecule has 1 saturated heterocycles. The molecule has 1 fully saturated rings. The standard InChI is InChI=1S/C20H28N4O3/c1-3-18(25)21-15-8-7-12-22(14-15)19(26)11-13-24-17-10-6-5-9-16(17)23(4-2)20(24)27/h5-6,9-10,15H,3-4,7-8,11-14H2,1-2H3,(H,21,25). The molecule has 1 N–H and O–H groups in total. The van der Waals surface area contributed by atoms with Crippen LogP contribution in [0.25, 0.3) is 11.0 Å². The van der Waals surface area contributed by atoms with Gasteiger partial charge in [0.1, 0.15) is 0 Å². The molecule has 1 aliphatic rings. The maximum absolute atomic E-state index is 12.7. The van der Waals surface area contributed by atoms with Crippen molar-refractivity contribution >= 4 is 22.8 Å². The summed E-state index contributed by atoms with van der Waals surface area (Å²) in [6, 6.07) is 7.71. The van der Waals surface area contributed by atoms with E-state index in [1.165, 1.54) is 0 Å². The quantitative estimate of drug-likeness (QED) is 0.839. The number of aryl methyl sites for hydroxylation is 2. The van der Waals surface area contributed by atoms with Crippen molar-refractivity contribution in [2.24, 2.45) is 0 Å². The largest absolute Gasteiger partial charge is 0.352 e. The first-order valence-corrected chi connectivity index (χ1v) is 9.80. The SMILES string of the molecule is CCC(=O)NC1CCCN(C(=O)CCn2c(=O)n(CC)c3ccccc32)C1. The number of rotatable bonds is 6. The molecule has 146 valence electrons. The van der Waals surface area contributed by atoms with Gasteiger partial charge < -0.3 is 10.2 Å². The van der Waals surface area contributed by atoms with E-state index in [1.54, 1.807) is 9.13 Å². The van der Waals surface area contributed by atoms with Gasteiger partial charge in [-0.3, -0.25) is 18.7 Å². The summed E-state index contributed by atoms with van der Waals surface area (Å²) in [4.78, 5) is 38.8. The summed E-state index contributed by atoms with van der Waals surface area (Å²) < 4.78 is 3.42. The normalized spacial score (nSPS) is 17.3. The fourth-order valence-electron chi connectivity index (χ4n) is 3.81. The summed E-state index contributed by atoms with van der Waals surface area (Å²) in [5.41, 5.74) is 1.69. The fourth-order valence-corrected chi connectivity index (χ4v) is 3.81. The predicted molar refractivity (Wildman–Crippen MR) is 105 cm³/mol. The van der Waals surface area contributed by atoms with Gasteiger partial charge in [0.05, 0.1) is 11.0 Å². The van der Waals surface area contributed by atoms with E-state index in [1.807, 2.05) is 43.0 Å². The van der Waals surface area contributed by atoms with E-state index in [-0.39, 0.29) is 30.0 Å². The number of piperidine rings is 1. The molecule has 3 rings (SSSR count). The van der Waals surface area contributed by atoms with Gasteiger partial charge in [-0.25, -0.2) is 4.79 Å². The molecule has 0 spiro atoms. The summed E-state index contributed by atoms with van der Waals surface area (Å²) in [5.74, 6) is 0.0545. The maximum Gasteiger partial charge on any atom is 0.329 e. The number of fused-ring (bicyclic) bond motifs is 1. The van der Waals surface area contributed by atoms with Crippen LogP contribution in [0.15, 0.2) is 29.1 Å². The lowest BCUT2D eigenvalue weighted by Crippen LogP contribution is -2.49. The number of hydrogen-bond donors (Lipinski definition) is 1. The highest BCUT2D eigenvalue weighted by atomic mass is 16.2. The number of benzene rings is 1. The first-order valence-electron chi connectivity index (χ1n) is 9.80. The second kappa shape index (κ2) is 8.41. The minimum Gasteiger partial charge on any atom is -0.352 e. The lowest BCUT2D eigenvalue weighted by atomic mass is 10.1. The van der Waals surface area contributed by atoms with Gasteiger partial charge in [-0.15, -0.1) is 0 Å². The van der Waals surface area contributed by atoms with Crippen LogP contribution in [0.1, 0.15) is 39.5 Å². The van der Waals surface area contributed by atoms with Gasteiger partial charge in [0.15, 0.2) is 0 Å². The third-order valence-electron chi connectivity index (χ3n) is 5.25. The summed E-state index contributed by atoms with van der Waals surface area (Å²) in [5, 5.41) is 2.98. The van der Waals surface area contributed by atoms with Crippen LogP contribution in [0.2, 0.25) is 0 Å². The van der Waals surface area contributed by atoms with E-state index < -0.39 is 0 Å². The molecular formula is C20H28N4O3. The maximum atomic E-state index is 12.7. The van der Waals surface area contributed by atoms with Crippen LogP contribution in [-0.4, -0.2) is 45.0 Å². The third kappa shape index (κ3) is 4.07. The van der Waals surface area contributed by atoms with Crippen molar-refractivity contribution < 1.29 is 9.59 Å². The number of likely N-dealkylation sites (tertiary alicyclic amines) is 1. The molecule has 2 aromatic rings. The molecule has 2 heterocycles. The monoisotopic (exact) mass is 372 g/mol. The highest BCUT2D eigenvalue weighted by Gasteiger charge is 2.24. The molecular weight excluding hydrogens is 344 g/mol. The fraction of sp³-hybridized carbons (Fsp3) is 0.550. The molecule has 1 aromatic heterocycles. The number of imidazole rings is 1. The molecule has 7 heteroatoms. The highest BCUT2D eigenvalue weighted by molar-refractivity contribution is 5.79. The molecule has 2 amide bonds. The molecule has 0 radical (unpaired) electrons. The molecule has 1 aliphatic heterocycles. The lowest BCUT2D eigenvalue weighted by molar-refractivity contribution is -0.133. The van der Waals surface area contributed by atoms with E-state index in [2.05, 4.69) is 5.32 Å². The molecule has 0 aliphatic carbocycles. The van der Waals surface area contributed by atoms with Gasteiger partial charge in [-0.05, 0) is 31.9 Å². The second-order valence-corrected chi connectivity index (χ2v) is 7.02. The number of para-hydroxylation sites is 2. The number of carbonyl (C=O) groups excluding carboxylic acids is 2. The molecule has 1 atom stereocenters. The minimum absolute atomic E-state index is 0.0215. The van der Waals surface area contributed by atoms with E-state index in [0.29, 0.717) is 32.6 Å². The van der Waals surface area contributed by atoms with Gasteiger partial charge >= 0.3 is 5.69 Å². The van der Waals surface area contributed by atoms with Crippen molar-refractivity contribution in [3.63, 3.8) is 0 Å². The van der Waals surface area contributed by atoms with Crippen molar-refractivity contribution in [3.8, 4) is 0 Å². The number of amides is 2. The number of aromatic nitrogens is 2. The Morgan fingerprint density at radius 2 is 1.85 bits per heavy atom. The van der Waals surface area contributed by atoms with Crippen molar-refractivity contribution in [1.82, 2.24) is 19.4 Å². The van der Waals surface area contributed by atoms with Crippen LogP contribution >= 0.6 is 0 Å². The molecule has 1 aromatic carbocycles. The lowest BCUT2D eigenvalue weighted by Gasteiger charge is -2.33. The van der Waals surface area contributed by atoms with E-state index in [4.69, 9.17) is 0 Å². The second-order valence-electron chi connectivity index (χ2n) is 7.02. The minimum atomic E-state index is -0.0711. The zero-order valence-electron chi connectivity index (χ0n) is 16.1. The van der Waals surface area contributed by atoms with Crippen LogP contribution in [0.5, 0.6) is 0 Å². The van der Waals surface area contributed by atoms with Crippen LogP contribution in [0.3, 0.4) is 0 Å². The van der Waals surface area contributed by atoms with Gasteiger partial charge in [-0.1, -0.05) is 19.1 Å². The van der Waals surface area contributed by atoms with Gasteiger partial charge in [0, 0.05) is 45.1 Å². The summed E-state index contributed by atoms with van der Waals surface area (Å²) in [6.45, 7) is 6.01. The van der Waals surface area contributed by atoms with Crippen molar-refractivity contribution in [2.75, 3.05) is 13.1 Å². The Morgan fingerprint density at radius 1 is 1.15 bits per heavy atom. The van der Waals surface area contributed by atoms with Crippen LogP contribution < -0.4 is 11.0 Å². The highest BCUT2D eigenvalue weighted by Crippen LogP contribution is 2.15. The van der Waals surface area contributed by atoms with Gasteiger partial charge in [0.2, 0.25) is 11.8 Å². The van der Waals surface area contributed by atoms with Crippen LogP contribution in [0, 0.1) is 0 Å². The molecule has 0 saturated carbocycles. The Morgan fingerprint density at radius 3 is 2.52 bits per heavy atom. The third-order valence-corrected chi connectivity index (χ3v) is 5.25. The first kappa shape index (κ1) is 19.2. The molecule has 1 unspecified atom stereocenters. The molecule has 27 heavy (non-hydrogen) atoms. The Kier molecular flexibility index (Phi) is 5.98.